The smallest absolute Gasteiger partial charge is 0.182 e. The number of likely N-dealkylation sites (tertiary alicyclic amines) is 1. The molecule has 0 atom stereocenters. The van der Waals surface area contributed by atoms with Crippen LogP contribution in [-0.4, -0.2) is 60.8 Å². The Morgan fingerprint density at radius 3 is 2.59 bits per heavy atom. The monoisotopic (exact) mass is 547 g/mol. The second-order valence-corrected chi connectivity index (χ2v) is 13.2. The zero-order valence-corrected chi connectivity index (χ0v) is 24.1. The fourth-order valence-corrected chi connectivity index (χ4v) is 6.59. The number of hydrogen-bond donors (Lipinski definition) is 2. The maximum Gasteiger partial charge on any atom is 0.182 e. The van der Waals surface area contributed by atoms with Gasteiger partial charge in [-0.15, -0.1) is 0 Å². The van der Waals surface area contributed by atoms with E-state index in [1.807, 2.05) is 18.3 Å². The first kappa shape index (κ1) is 27.1. The molecular formula is C30H37N5O3S. The highest BCUT2D eigenvalue weighted by Crippen LogP contribution is 2.35. The molecule has 1 aliphatic rings. The van der Waals surface area contributed by atoms with Crippen molar-refractivity contribution in [3.05, 3.63) is 71.2 Å². The molecule has 9 heteroatoms. The van der Waals surface area contributed by atoms with Crippen LogP contribution in [-0.2, 0) is 16.3 Å². The topological polar surface area (TPSA) is 100 Å². The molecule has 0 radical (unpaired) electrons. The molecule has 0 amide bonds. The highest BCUT2D eigenvalue weighted by atomic mass is 32.2. The van der Waals surface area contributed by atoms with Gasteiger partial charge >= 0.3 is 0 Å². The van der Waals surface area contributed by atoms with Crippen LogP contribution in [0.25, 0.3) is 11.0 Å². The lowest BCUT2D eigenvalue weighted by atomic mass is 9.85. The molecule has 3 heterocycles. The standard InChI is InChI=1S/C30H37N5O3S/c1-19(2)39(36,37)27-9-7-6-8-24(27)33-30-29-25(10-13-31-29)32-28(34-30)17-22-16-20(3)23(18-26(22)38-5)21-11-14-35(4)15-12-21/h6-10,13,16,18-19,21,31H,11-12,14-15,17H2,1-5H3,(H,32,33,34). The van der Waals surface area contributed by atoms with E-state index < -0.39 is 15.1 Å². The molecule has 39 heavy (non-hydrogen) atoms. The van der Waals surface area contributed by atoms with Crippen molar-refractivity contribution in [1.29, 1.82) is 0 Å². The number of H-pyrrole nitrogens is 1. The van der Waals surface area contributed by atoms with Crippen molar-refractivity contribution in [2.24, 2.45) is 0 Å². The first-order valence-corrected chi connectivity index (χ1v) is 15.0. The van der Waals surface area contributed by atoms with Gasteiger partial charge < -0.3 is 19.9 Å². The minimum atomic E-state index is -3.49. The largest absolute Gasteiger partial charge is 0.496 e. The number of anilines is 2. The summed E-state index contributed by atoms with van der Waals surface area (Å²) in [7, 11) is 0.398. The Bertz CT molecular complexity index is 1590. The molecule has 2 N–H and O–H groups in total. The predicted molar refractivity (Wildman–Crippen MR) is 156 cm³/mol. The Hall–Kier alpha value is -3.43. The van der Waals surface area contributed by atoms with Crippen LogP contribution in [0, 0.1) is 6.92 Å². The molecule has 0 bridgehead atoms. The number of rotatable bonds is 8. The van der Waals surface area contributed by atoms with Crippen LogP contribution in [0.4, 0.5) is 11.5 Å². The van der Waals surface area contributed by atoms with Crippen LogP contribution in [0.5, 0.6) is 5.75 Å². The third-order valence-corrected chi connectivity index (χ3v) is 9.91. The molecule has 1 saturated heterocycles. The van der Waals surface area contributed by atoms with Crippen LogP contribution >= 0.6 is 0 Å². The summed E-state index contributed by atoms with van der Waals surface area (Å²) in [6.45, 7) is 7.76. The Morgan fingerprint density at radius 2 is 1.87 bits per heavy atom. The normalized spacial score (nSPS) is 15.2. The third-order valence-electron chi connectivity index (χ3n) is 7.70. The van der Waals surface area contributed by atoms with E-state index in [2.05, 4.69) is 41.3 Å². The first-order chi connectivity index (χ1) is 18.7. The Kier molecular flexibility index (Phi) is 7.64. The fourth-order valence-electron chi connectivity index (χ4n) is 5.38. The van der Waals surface area contributed by atoms with E-state index >= 15 is 0 Å². The van der Waals surface area contributed by atoms with Crippen LogP contribution < -0.4 is 10.1 Å². The average molecular weight is 548 g/mol. The molecule has 4 aromatic rings. The summed E-state index contributed by atoms with van der Waals surface area (Å²) in [4.78, 5) is 15.5. The Morgan fingerprint density at radius 1 is 1.13 bits per heavy atom. The van der Waals surface area contributed by atoms with Gasteiger partial charge in [-0.25, -0.2) is 18.4 Å². The van der Waals surface area contributed by atoms with Crippen LogP contribution in [0.3, 0.4) is 0 Å². The number of aromatic nitrogens is 3. The van der Waals surface area contributed by atoms with Crippen molar-refractivity contribution >= 4 is 32.4 Å². The molecule has 1 fully saturated rings. The molecule has 206 valence electrons. The second-order valence-electron chi connectivity index (χ2n) is 10.7. The van der Waals surface area contributed by atoms with Gasteiger partial charge in [-0.2, -0.15) is 0 Å². The Labute approximate surface area is 230 Å². The van der Waals surface area contributed by atoms with Crippen molar-refractivity contribution in [2.75, 3.05) is 32.6 Å². The van der Waals surface area contributed by atoms with Crippen molar-refractivity contribution in [3.63, 3.8) is 0 Å². The van der Waals surface area contributed by atoms with Crippen molar-refractivity contribution in [2.45, 2.75) is 56.1 Å². The second kappa shape index (κ2) is 11.0. The number of hydrogen-bond acceptors (Lipinski definition) is 7. The van der Waals surface area contributed by atoms with Crippen molar-refractivity contribution in [3.8, 4) is 5.75 Å². The number of nitrogens with one attached hydrogen (secondary N) is 2. The summed E-state index contributed by atoms with van der Waals surface area (Å²) in [5.74, 6) is 2.54. The molecule has 0 spiro atoms. The van der Waals surface area contributed by atoms with E-state index in [4.69, 9.17) is 14.7 Å². The van der Waals surface area contributed by atoms with Crippen molar-refractivity contribution in [1.82, 2.24) is 19.9 Å². The van der Waals surface area contributed by atoms with Crippen LogP contribution in [0.2, 0.25) is 0 Å². The van der Waals surface area contributed by atoms with Gasteiger partial charge in [0, 0.05) is 18.2 Å². The number of sulfone groups is 1. The molecule has 0 aliphatic carbocycles. The zero-order chi connectivity index (χ0) is 27.7. The summed E-state index contributed by atoms with van der Waals surface area (Å²) in [5, 5.41) is 2.75. The van der Waals surface area contributed by atoms with Gasteiger partial charge in [0.25, 0.3) is 0 Å². The highest BCUT2D eigenvalue weighted by Gasteiger charge is 2.24. The summed E-state index contributed by atoms with van der Waals surface area (Å²) in [5.41, 5.74) is 5.60. The fraction of sp³-hybridized carbons (Fsp3) is 0.400. The van der Waals surface area contributed by atoms with Crippen molar-refractivity contribution < 1.29 is 13.2 Å². The lowest BCUT2D eigenvalue weighted by Crippen LogP contribution is -2.29. The zero-order valence-electron chi connectivity index (χ0n) is 23.3. The third kappa shape index (κ3) is 5.51. The quantitative estimate of drug-likeness (QED) is 0.296. The first-order valence-electron chi connectivity index (χ1n) is 13.5. The molecule has 1 aliphatic heterocycles. The van der Waals surface area contributed by atoms with Gasteiger partial charge in [-0.1, -0.05) is 18.2 Å². The van der Waals surface area contributed by atoms with Gasteiger partial charge in [-0.3, -0.25) is 0 Å². The lowest BCUT2D eigenvalue weighted by Gasteiger charge is -2.30. The summed E-state index contributed by atoms with van der Waals surface area (Å²) in [6, 6.07) is 13.2. The SMILES string of the molecule is COc1cc(C2CCN(C)CC2)c(C)cc1Cc1nc(Nc2ccccc2S(=O)(=O)C(C)C)c2[nH]ccc2n1. The molecule has 8 nitrogen and oxygen atoms in total. The molecule has 2 aromatic carbocycles. The average Bonchev–Trinajstić information content (AvgIpc) is 3.39. The Balaban J connectivity index is 1.49. The van der Waals surface area contributed by atoms with E-state index in [9.17, 15) is 8.42 Å². The summed E-state index contributed by atoms with van der Waals surface area (Å²) < 4.78 is 31.9. The predicted octanol–water partition coefficient (Wildman–Crippen LogP) is 5.60. The molecule has 0 saturated carbocycles. The number of ether oxygens (including phenoxy) is 1. The maximum absolute atomic E-state index is 13.0. The minimum absolute atomic E-state index is 0.252. The van der Waals surface area contributed by atoms with Gasteiger partial charge in [0.15, 0.2) is 15.7 Å². The molecular weight excluding hydrogens is 510 g/mol. The number of aryl methyl sites for hydroxylation is 1. The van der Waals surface area contributed by atoms with E-state index in [1.54, 1.807) is 39.2 Å². The van der Waals surface area contributed by atoms with Crippen LogP contribution in [0.1, 0.15) is 55.1 Å². The maximum atomic E-state index is 13.0. The van der Waals surface area contributed by atoms with Gasteiger partial charge in [0.2, 0.25) is 0 Å². The van der Waals surface area contributed by atoms with E-state index in [-0.39, 0.29) is 4.90 Å². The van der Waals surface area contributed by atoms with E-state index in [1.165, 1.54) is 11.1 Å². The van der Waals surface area contributed by atoms with Crippen LogP contribution in [0.15, 0.2) is 53.6 Å². The van der Waals surface area contributed by atoms with E-state index in [0.29, 0.717) is 29.7 Å². The summed E-state index contributed by atoms with van der Waals surface area (Å²) in [6.07, 6.45) is 4.60. The number of aromatic amines is 1. The number of fused-ring (bicyclic) bond motifs is 1. The molecule has 2 aromatic heterocycles. The molecule has 5 rings (SSSR count). The molecule has 0 unspecified atom stereocenters. The van der Waals surface area contributed by atoms with Gasteiger partial charge in [0.1, 0.15) is 17.1 Å². The van der Waals surface area contributed by atoms with Gasteiger partial charge in [0.05, 0.1) is 28.5 Å². The minimum Gasteiger partial charge on any atom is -0.496 e. The number of benzene rings is 2. The number of methoxy groups -OCH3 is 1. The summed E-state index contributed by atoms with van der Waals surface area (Å²) >= 11 is 0. The number of nitrogens with zero attached hydrogens (tertiary/aromatic N) is 3. The number of para-hydroxylation sites is 1. The van der Waals surface area contributed by atoms with E-state index in [0.717, 1.165) is 48.3 Å². The lowest BCUT2D eigenvalue weighted by molar-refractivity contribution is 0.255. The number of piperidine rings is 1. The van der Waals surface area contributed by atoms with Gasteiger partial charge in [-0.05, 0) is 95.1 Å². The highest BCUT2D eigenvalue weighted by molar-refractivity contribution is 7.92.